The van der Waals surface area contributed by atoms with E-state index in [4.69, 9.17) is 21.7 Å². The number of esters is 1. The Labute approximate surface area is 155 Å². The van der Waals surface area contributed by atoms with E-state index in [-0.39, 0.29) is 40.0 Å². The van der Waals surface area contributed by atoms with Gasteiger partial charge in [-0.3, -0.25) is 10.1 Å². The quantitative estimate of drug-likeness (QED) is 0.350. The van der Waals surface area contributed by atoms with Gasteiger partial charge < -0.3 is 14.5 Å². The second-order valence-corrected chi connectivity index (χ2v) is 6.08. The maximum absolute atomic E-state index is 12.5. The number of methoxy groups -OCH3 is 1. The number of aromatic amines is 1. The molecular formula is C17H19N3O5S. The molecule has 1 aromatic heterocycles. The molecule has 1 aromatic carbocycles. The van der Waals surface area contributed by atoms with Crippen LogP contribution in [0.15, 0.2) is 18.2 Å². The average molecular weight is 377 g/mol. The first-order valence-corrected chi connectivity index (χ1v) is 8.35. The summed E-state index contributed by atoms with van der Waals surface area (Å²) in [6.07, 6.45) is 0. The van der Waals surface area contributed by atoms with Crippen LogP contribution in [0.2, 0.25) is 0 Å². The van der Waals surface area contributed by atoms with Crippen LogP contribution < -0.4 is 4.74 Å². The number of nitrogens with zero attached hydrogens (tertiary/aromatic N) is 2. The Kier molecular flexibility index (Phi) is 6.04. The molecule has 2 aromatic rings. The molecule has 0 saturated carbocycles. The number of rotatable bonds is 6. The largest absolute Gasteiger partial charge is 0.490 e. The van der Waals surface area contributed by atoms with Gasteiger partial charge in [-0.05, 0) is 37.2 Å². The Morgan fingerprint density at radius 1 is 1.42 bits per heavy atom. The highest BCUT2D eigenvalue weighted by Gasteiger charge is 2.25. The van der Waals surface area contributed by atoms with Crippen molar-refractivity contribution in [2.24, 2.45) is 0 Å². The molecule has 9 heteroatoms. The molecule has 2 rings (SSSR count). The van der Waals surface area contributed by atoms with Gasteiger partial charge in [-0.2, -0.15) is 0 Å². The molecule has 0 amide bonds. The lowest BCUT2D eigenvalue weighted by atomic mass is 9.98. The van der Waals surface area contributed by atoms with E-state index in [1.54, 1.807) is 13.0 Å². The fourth-order valence-electron chi connectivity index (χ4n) is 2.52. The third-order valence-corrected chi connectivity index (χ3v) is 3.86. The van der Waals surface area contributed by atoms with Crippen LogP contribution >= 0.6 is 12.2 Å². The van der Waals surface area contributed by atoms with E-state index in [0.717, 1.165) is 0 Å². The number of H-pyrrole nitrogens is 1. The Morgan fingerprint density at radius 2 is 2.12 bits per heavy atom. The molecule has 0 aliphatic rings. The van der Waals surface area contributed by atoms with Gasteiger partial charge >= 0.3 is 11.7 Å². The van der Waals surface area contributed by atoms with E-state index >= 15 is 0 Å². The van der Waals surface area contributed by atoms with Crippen molar-refractivity contribution in [3.05, 3.63) is 44.3 Å². The van der Waals surface area contributed by atoms with Gasteiger partial charge in [0, 0.05) is 17.3 Å². The smallest absolute Gasteiger partial charge is 0.342 e. The van der Waals surface area contributed by atoms with E-state index in [9.17, 15) is 14.9 Å². The van der Waals surface area contributed by atoms with E-state index in [1.807, 2.05) is 13.8 Å². The summed E-state index contributed by atoms with van der Waals surface area (Å²) < 4.78 is 10.3. The fourth-order valence-corrected chi connectivity index (χ4v) is 2.72. The summed E-state index contributed by atoms with van der Waals surface area (Å²) in [5.74, 6) is -0.517. The zero-order valence-corrected chi connectivity index (χ0v) is 15.7. The summed E-state index contributed by atoms with van der Waals surface area (Å²) in [7, 11) is 1.35. The van der Waals surface area contributed by atoms with Crippen LogP contribution in [0, 0.1) is 14.9 Å². The minimum atomic E-state index is -0.566. The van der Waals surface area contributed by atoms with Crippen LogP contribution in [-0.2, 0) is 4.74 Å². The topological polar surface area (TPSA) is 107 Å². The number of hydrogen-bond acceptors (Lipinski definition) is 7. The molecule has 0 fully saturated rings. The van der Waals surface area contributed by atoms with Crippen LogP contribution in [0.4, 0.5) is 5.69 Å². The van der Waals surface area contributed by atoms with Crippen molar-refractivity contribution in [2.75, 3.05) is 13.7 Å². The van der Waals surface area contributed by atoms with Crippen molar-refractivity contribution in [1.29, 1.82) is 0 Å². The molecule has 0 aliphatic heterocycles. The lowest BCUT2D eigenvalue weighted by molar-refractivity contribution is -0.385. The summed E-state index contributed by atoms with van der Waals surface area (Å²) in [6, 6.07) is 4.36. The number of nitro groups is 1. The Bertz CT molecular complexity index is 908. The Hall–Kier alpha value is -2.81. The number of hydrogen-bond donors (Lipinski definition) is 1. The second-order valence-electron chi connectivity index (χ2n) is 5.70. The highest BCUT2D eigenvalue weighted by atomic mass is 32.1. The monoisotopic (exact) mass is 377 g/mol. The number of ether oxygens (including phenoxy) is 2. The van der Waals surface area contributed by atoms with Crippen molar-refractivity contribution in [1.82, 2.24) is 9.97 Å². The van der Waals surface area contributed by atoms with Crippen LogP contribution in [0.3, 0.4) is 0 Å². The molecule has 26 heavy (non-hydrogen) atoms. The molecule has 0 spiro atoms. The summed E-state index contributed by atoms with van der Waals surface area (Å²) in [6.45, 7) is 5.67. The van der Waals surface area contributed by atoms with Gasteiger partial charge in [0.05, 0.1) is 24.3 Å². The molecular weight excluding hydrogens is 358 g/mol. The zero-order valence-electron chi connectivity index (χ0n) is 14.9. The van der Waals surface area contributed by atoms with Crippen molar-refractivity contribution >= 4 is 23.9 Å². The maximum Gasteiger partial charge on any atom is 0.342 e. The van der Waals surface area contributed by atoms with Gasteiger partial charge in [0.1, 0.15) is 5.56 Å². The number of carbonyl (C=O) groups is 1. The van der Waals surface area contributed by atoms with Crippen molar-refractivity contribution < 1.29 is 19.2 Å². The van der Waals surface area contributed by atoms with Gasteiger partial charge in [0.15, 0.2) is 10.5 Å². The highest BCUT2D eigenvalue weighted by molar-refractivity contribution is 7.71. The molecule has 1 N–H and O–H groups in total. The molecule has 138 valence electrons. The fraction of sp³-hybridized carbons (Fsp3) is 0.353. The molecule has 0 saturated heterocycles. The first-order chi connectivity index (χ1) is 12.3. The standard InChI is InChI=1S/C17H19N3O5S/c1-5-25-16(21)13-14(9(2)3)18-17(26)19-15(13)10-6-7-12(24-4)11(8-10)20(22)23/h6-9H,5H2,1-4H3,(H,18,19,26). The average Bonchev–Trinajstić information content (AvgIpc) is 2.60. The maximum atomic E-state index is 12.5. The number of aromatic nitrogens is 2. The Morgan fingerprint density at radius 3 is 2.65 bits per heavy atom. The lowest BCUT2D eigenvalue weighted by Gasteiger charge is -2.16. The normalized spacial score (nSPS) is 10.7. The summed E-state index contributed by atoms with van der Waals surface area (Å²) in [5, 5.41) is 11.3. The number of nitro benzene ring substituents is 1. The summed E-state index contributed by atoms with van der Waals surface area (Å²) >= 11 is 5.17. The minimum Gasteiger partial charge on any atom is -0.490 e. The molecule has 0 unspecified atom stereocenters. The predicted molar refractivity (Wildman–Crippen MR) is 98.1 cm³/mol. The van der Waals surface area contributed by atoms with Crippen molar-refractivity contribution in [2.45, 2.75) is 26.7 Å². The number of carbonyl (C=O) groups excluding carboxylic acids is 1. The lowest BCUT2D eigenvalue weighted by Crippen LogP contribution is -2.14. The van der Waals surface area contributed by atoms with E-state index in [2.05, 4.69) is 9.97 Å². The Balaban J connectivity index is 2.80. The van der Waals surface area contributed by atoms with Crippen LogP contribution in [-0.4, -0.2) is 34.6 Å². The molecule has 0 bridgehead atoms. The van der Waals surface area contributed by atoms with Crippen LogP contribution in [0.25, 0.3) is 11.3 Å². The highest BCUT2D eigenvalue weighted by Crippen LogP contribution is 2.34. The van der Waals surface area contributed by atoms with Gasteiger partial charge in [0.25, 0.3) is 0 Å². The molecule has 0 radical (unpaired) electrons. The first-order valence-electron chi connectivity index (χ1n) is 7.94. The van der Waals surface area contributed by atoms with E-state index < -0.39 is 10.9 Å². The minimum absolute atomic E-state index is 0.0638. The molecule has 8 nitrogen and oxygen atoms in total. The van der Waals surface area contributed by atoms with Crippen molar-refractivity contribution in [3.63, 3.8) is 0 Å². The second kappa shape index (κ2) is 8.05. The SMILES string of the molecule is CCOC(=O)c1c(-c2ccc(OC)c([N+](=O)[O-])c2)nc(=S)[nH]c1C(C)C. The third-order valence-electron chi connectivity index (χ3n) is 3.67. The van der Waals surface area contributed by atoms with Crippen LogP contribution in [0.1, 0.15) is 42.7 Å². The summed E-state index contributed by atoms with van der Waals surface area (Å²) in [5.41, 5.74) is 1.17. The summed E-state index contributed by atoms with van der Waals surface area (Å²) in [4.78, 5) is 30.5. The molecule has 0 aliphatic carbocycles. The first kappa shape index (κ1) is 19.5. The van der Waals surface area contributed by atoms with Gasteiger partial charge in [0.2, 0.25) is 0 Å². The molecule has 1 heterocycles. The number of nitrogens with one attached hydrogen (secondary N) is 1. The van der Waals surface area contributed by atoms with Gasteiger partial charge in [-0.15, -0.1) is 0 Å². The molecule has 0 atom stereocenters. The van der Waals surface area contributed by atoms with Crippen molar-refractivity contribution in [3.8, 4) is 17.0 Å². The van der Waals surface area contributed by atoms with E-state index in [1.165, 1.54) is 19.2 Å². The zero-order chi connectivity index (χ0) is 19.4. The van der Waals surface area contributed by atoms with Gasteiger partial charge in [-0.25, -0.2) is 9.78 Å². The van der Waals surface area contributed by atoms with E-state index in [0.29, 0.717) is 11.3 Å². The van der Waals surface area contributed by atoms with Crippen LogP contribution in [0.5, 0.6) is 5.75 Å². The number of benzene rings is 1. The van der Waals surface area contributed by atoms with Gasteiger partial charge in [-0.1, -0.05) is 13.8 Å². The third kappa shape index (κ3) is 3.88. The predicted octanol–water partition coefficient (Wildman–Crippen LogP) is 4.02.